The molecule has 2 aromatic heterocycles. The molecule has 7 heteroatoms. The Morgan fingerprint density at radius 1 is 1.15 bits per heavy atom. The zero-order valence-corrected chi connectivity index (χ0v) is 15.5. The fourth-order valence-electron chi connectivity index (χ4n) is 3.58. The zero-order valence-electron chi connectivity index (χ0n) is 15.5. The second kappa shape index (κ2) is 7.75. The highest BCUT2D eigenvalue weighted by Crippen LogP contribution is 2.39. The summed E-state index contributed by atoms with van der Waals surface area (Å²) in [7, 11) is 3.35. The van der Waals surface area contributed by atoms with Crippen molar-refractivity contribution in [1.29, 1.82) is 0 Å². The number of hydrogen-bond donors (Lipinski definition) is 0. The maximum absolute atomic E-state index is 5.81. The minimum atomic E-state index is 0.385. The van der Waals surface area contributed by atoms with Gasteiger partial charge in [-0.25, -0.2) is 0 Å². The van der Waals surface area contributed by atoms with Crippen LogP contribution in [0.1, 0.15) is 23.8 Å². The third-order valence-electron chi connectivity index (χ3n) is 4.88. The van der Waals surface area contributed by atoms with E-state index in [0.29, 0.717) is 24.2 Å². The lowest BCUT2D eigenvalue weighted by atomic mass is 9.97. The summed E-state index contributed by atoms with van der Waals surface area (Å²) in [5.41, 5.74) is 2.01. The molecule has 1 aliphatic heterocycles. The maximum Gasteiger partial charge on any atom is 0.249 e. The van der Waals surface area contributed by atoms with Gasteiger partial charge in [0.1, 0.15) is 0 Å². The Morgan fingerprint density at radius 3 is 2.85 bits per heavy atom. The molecule has 0 spiro atoms. The lowest BCUT2D eigenvalue weighted by Crippen LogP contribution is -2.20. The largest absolute Gasteiger partial charge is 0.493 e. The second-order valence-electron chi connectivity index (χ2n) is 6.55. The van der Waals surface area contributed by atoms with E-state index >= 15 is 0 Å². The van der Waals surface area contributed by atoms with Crippen LogP contribution in [0.3, 0.4) is 0 Å². The van der Waals surface area contributed by atoms with Crippen molar-refractivity contribution >= 4 is 0 Å². The quantitative estimate of drug-likeness (QED) is 0.663. The SMILES string of the molecule is COc1cccc(C2CCN(Cc3nnc(-c4cccnc4)o3)C2)c1OC. The van der Waals surface area contributed by atoms with E-state index < -0.39 is 0 Å². The highest BCUT2D eigenvalue weighted by molar-refractivity contribution is 5.50. The van der Waals surface area contributed by atoms with E-state index in [2.05, 4.69) is 26.1 Å². The molecule has 0 N–H and O–H groups in total. The topological polar surface area (TPSA) is 73.5 Å². The van der Waals surface area contributed by atoms with Crippen molar-refractivity contribution in [3.63, 3.8) is 0 Å². The van der Waals surface area contributed by atoms with Crippen LogP contribution in [0.25, 0.3) is 11.5 Å². The molecule has 1 atom stereocenters. The van der Waals surface area contributed by atoms with Crippen LogP contribution in [-0.4, -0.2) is 47.4 Å². The fourth-order valence-corrected chi connectivity index (χ4v) is 3.58. The molecule has 1 aromatic carbocycles. The van der Waals surface area contributed by atoms with Crippen molar-refractivity contribution in [3.05, 3.63) is 54.2 Å². The van der Waals surface area contributed by atoms with E-state index in [1.807, 2.05) is 24.3 Å². The monoisotopic (exact) mass is 366 g/mol. The molecule has 0 radical (unpaired) electrons. The molecule has 27 heavy (non-hydrogen) atoms. The summed E-state index contributed by atoms with van der Waals surface area (Å²) in [6, 6.07) is 9.81. The second-order valence-corrected chi connectivity index (χ2v) is 6.55. The Hall–Kier alpha value is -2.93. The first-order chi connectivity index (χ1) is 13.3. The van der Waals surface area contributed by atoms with Crippen LogP contribution in [0.15, 0.2) is 47.1 Å². The molecule has 4 rings (SSSR count). The third-order valence-corrected chi connectivity index (χ3v) is 4.88. The van der Waals surface area contributed by atoms with E-state index in [1.54, 1.807) is 26.6 Å². The van der Waals surface area contributed by atoms with Gasteiger partial charge < -0.3 is 13.9 Å². The molecule has 0 aliphatic carbocycles. The van der Waals surface area contributed by atoms with Crippen molar-refractivity contribution in [2.45, 2.75) is 18.9 Å². The van der Waals surface area contributed by atoms with Crippen LogP contribution in [-0.2, 0) is 6.54 Å². The number of nitrogens with zero attached hydrogens (tertiary/aromatic N) is 4. The van der Waals surface area contributed by atoms with Crippen LogP contribution in [0, 0.1) is 0 Å². The van der Waals surface area contributed by atoms with Gasteiger partial charge in [-0.3, -0.25) is 9.88 Å². The van der Waals surface area contributed by atoms with Crippen LogP contribution in [0.5, 0.6) is 11.5 Å². The average Bonchev–Trinajstić information content (AvgIpc) is 3.38. The summed E-state index contributed by atoms with van der Waals surface area (Å²) in [5.74, 6) is 3.10. The van der Waals surface area contributed by atoms with Gasteiger partial charge in [-0.05, 0) is 31.2 Å². The number of pyridine rings is 1. The van der Waals surface area contributed by atoms with E-state index in [0.717, 1.165) is 36.6 Å². The predicted molar refractivity (Wildman–Crippen MR) is 99.7 cm³/mol. The molecule has 1 saturated heterocycles. The standard InChI is InChI=1S/C20H22N4O3/c1-25-17-7-3-6-16(19(17)26-2)15-8-10-24(12-15)13-18-22-23-20(27-18)14-5-4-9-21-11-14/h3-7,9,11,15H,8,10,12-13H2,1-2H3. The first-order valence-electron chi connectivity index (χ1n) is 8.94. The summed E-state index contributed by atoms with van der Waals surface area (Å²) in [6.45, 7) is 2.51. The molecule has 1 unspecified atom stereocenters. The number of para-hydroxylation sites is 1. The number of hydrogen-bond acceptors (Lipinski definition) is 7. The number of ether oxygens (including phenoxy) is 2. The molecule has 1 aliphatic rings. The summed E-state index contributed by atoms with van der Waals surface area (Å²) < 4.78 is 16.8. The highest BCUT2D eigenvalue weighted by Gasteiger charge is 2.28. The molecule has 140 valence electrons. The lowest BCUT2D eigenvalue weighted by Gasteiger charge is -2.18. The summed E-state index contributed by atoms with van der Waals surface area (Å²) in [6.07, 6.45) is 4.49. The molecule has 0 bridgehead atoms. The average molecular weight is 366 g/mol. The van der Waals surface area contributed by atoms with Gasteiger partial charge >= 0.3 is 0 Å². The van der Waals surface area contributed by atoms with Crippen LogP contribution >= 0.6 is 0 Å². The molecule has 7 nitrogen and oxygen atoms in total. The van der Waals surface area contributed by atoms with Gasteiger partial charge in [-0.2, -0.15) is 0 Å². The van der Waals surface area contributed by atoms with E-state index in [-0.39, 0.29) is 0 Å². The first kappa shape index (κ1) is 17.5. The number of likely N-dealkylation sites (tertiary alicyclic amines) is 1. The number of methoxy groups -OCH3 is 2. The fraction of sp³-hybridized carbons (Fsp3) is 0.350. The smallest absolute Gasteiger partial charge is 0.249 e. The summed E-state index contributed by atoms with van der Waals surface area (Å²) >= 11 is 0. The Bertz CT molecular complexity index is 897. The molecule has 0 saturated carbocycles. The van der Waals surface area contributed by atoms with Gasteiger partial charge in [-0.1, -0.05) is 12.1 Å². The molecular formula is C20H22N4O3. The summed E-state index contributed by atoms with van der Waals surface area (Å²) in [4.78, 5) is 6.41. The van der Waals surface area contributed by atoms with E-state index in [1.165, 1.54) is 5.56 Å². The van der Waals surface area contributed by atoms with Crippen LogP contribution in [0.2, 0.25) is 0 Å². The highest BCUT2D eigenvalue weighted by atomic mass is 16.5. The van der Waals surface area contributed by atoms with E-state index in [4.69, 9.17) is 13.9 Å². The number of benzene rings is 1. The molecule has 3 heterocycles. The minimum absolute atomic E-state index is 0.385. The first-order valence-corrected chi connectivity index (χ1v) is 8.94. The van der Waals surface area contributed by atoms with Gasteiger partial charge in [0.25, 0.3) is 0 Å². The predicted octanol–water partition coefficient (Wildman–Crippen LogP) is 3.14. The van der Waals surface area contributed by atoms with Crippen LogP contribution < -0.4 is 9.47 Å². The van der Waals surface area contributed by atoms with Gasteiger partial charge in [0, 0.05) is 30.4 Å². The normalized spacial score (nSPS) is 17.2. The minimum Gasteiger partial charge on any atom is -0.493 e. The molecule has 3 aromatic rings. The van der Waals surface area contributed by atoms with Crippen LogP contribution in [0.4, 0.5) is 0 Å². The Kier molecular flexibility index (Phi) is 5.02. The number of aromatic nitrogens is 3. The van der Waals surface area contributed by atoms with Crippen molar-refractivity contribution in [2.75, 3.05) is 27.3 Å². The molecule has 0 amide bonds. The number of rotatable bonds is 6. The lowest BCUT2D eigenvalue weighted by molar-refractivity contribution is 0.288. The third kappa shape index (κ3) is 3.64. The molecule has 1 fully saturated rings. The van der Waals surface area contributed by atoms with Gasteiger partial charge in [0.15, 0.2) is 11.5 Å². The van der Waals surface area contributed by atoms with Crippen molar-refractivity contribution in [2.24, 2.45) is 0 Å². The van der Waals surface area contributed by atoms with E-state index in [9.17, 15) is 0 Å². The zero-order chi connectivity index (χ0) is 18.6. The van der Waals surface area contributed by atoms with Gasteiger partial charge in [-0.15, -0.1) is 10.2 Å². The van der Waals surface area contributed by atoms with Gasteiger partial charge in [0.2, 0.25) is 11.8 Å². The van der Waals surface area contributed by atoms with Crippen molar-refractivity contribution in [3.8, 4) is 23.0 Å². The Labute approximate surface area is 158 Å². The summed E-state index contributed by atoms with van der Waals surface area (Å²) in [5, 5.41) is 8.32. The Balaban J connectivity index is 1.44. The van der Waals surface area contributed by atoms with Crippen molar-refractivity contribution in [1.82, 2.24) is 20.1 Å². The van der Waals surface area contributed by atoms with Gasteiger partial charge in [0.05, 0.1) is 26.3 Å². The van der Waals surface area contributed by atoms with Crippen molar-refractivity contribution < 1.29 is 13.9 Å². The molecular weight excluding hydrogens is 344 g/mol. The Morgan fingerprint density at radius 2 is 2.07 bits per heavy atom. The maximum atomic E-state index is 5.81.